The molecule has 1 aromatic heterocycles. The van der Waals surface area contributed by atoms with Crippen LogP contribution in [0, 0.1) is 5.92 Å². The van der Waals surface area contributed by atoms with Crippen LogP contribution in [0.15, 0.2) is 53.6 Å². The third-order valence-corrected chi connectivity index (χ3v) is 6.09. The van der Waals surface area contributed by atoms with Gasteiger partial charge in [0.25, 0.3) is 0 Å². The molecule has 1 aromatic carbocycles. The van der Waals surface area contributed by atoms with Crippen molar-refractivity contribution in [3.63, 3.8) is 0 Å². The van der Waals surface area contributed by atoms with Gasteiger partial charge in [0.05, 0.1) is 17.7 Å². The normalized spacial score (nSPS) is 18.6. The van der Waals surface area contributed by atoms with Crippen molar-refractivity contribution < 1.29 is 13.2 Å². The lowest BCUT2D eigenvalue weighted by Gasteiger charge is -2.32. The highest BCUT2D eigenvalue weighted by Crippen LogP contribution is 2.19. The topological polar surface area (TPSA) is 71.5 Å². The Bertz CT molecular complexity index is 795. The second-order valence-electron chi connectivity index (χ2n) is 6.59. The first kappa shape index (κ1) is 18.8. The summed E-state index contributed by atoms with van der Waals surface area (Å²) in [6.45, 7) is 3.16. The van der Waals surface area contributed by atoms with Gasteiger partial charge in [-0.05, 0) is 61.7 Å². The number of rotatable bonds is 7. The number of piperidine rings is 1. The van der Waals surface area contributed by atoms with Crippen LogP contribution in [0.4, 0.5) is 0 Å². The number of nitrogens with zero attached hydrogens (tertiary/aromatic N) is 2. The maximum absolute atomic E-state index is 12.5. The molecule has 1 saturated heterocycles. The zero-order valence-electron chi connectivity index (χ0n) is 15.0. The van der Waals surface area contributed by atoms with Gasteiger partial charge in [-0.1, -0.05) is 6.07 Å². The van der Waals surface area contributed by atoms with E-state index < -0.39 is 10.0 Å². The number of hydrogen-bond donors (Lipinski definition) is 1. The SMILES string of the molecule is COc1ccc(S(=O)(=O)NC[C@@H]2CCCN(Cc3ccccn3)C2)cc1. The highest BCUT2D eigenvalue weighted by Gasteiger charge is 2.22. The molecule has 6 nitrogen and oxygen atoms in total. The maximum atomic E-state index is 12.5. The molecular weight excluding hydrogens is 350 g/mol. The van der Waals surface area contributed by atoms with Gasteiger partial charge in [-0.2, -0.15) is 0 Å². The second kappa shape index (κ2) is 8.62. The molecule has 2 aromatic rings. The minimum absolute atomic E-state index is 0.263. The zero-order valence-corrected chi connectivity index (χ0v) is 15.8. The van der Waals surface area contributed by atoms with Gasteiger partial charge in [0, 0.05) is 25.8 Å². The molecule has 7 heteroatoms. The van der Waals surface area contributed by atoms with Crippen molar-refractivity contribution in [3.8, 4) is 5.75 Å². The summed E-state index contributed by atoms with van der Waals surface area (Å²) in [5, 5.41) is 0. The molecule has 1 atom stereocenters. The standard InChI is InChI=1S/C19H25N3O3S/c1-25-18-7-9-19(10-8-18)26(23,24)21-13-16-5-4-12-22(14-16)15-17-6-2-3-11-20-17/h2-3,6-11,16,21H,4-5,12-15H2,1H3/t16-/m0/s1. The molecule has 0 amide bonds. The molecular formula is C19H25N3O3S. The van der Waals surface area contributed by atoms with Crippen LogP contribution < -0.4 is 9.46 Å². The lowest BCUT2D eigenvalue weighted by Crippen LogP contribution is -2.40. The molecule has 2 heterocycles. The Morgan fingerprint density at radius 3 is 2.73 bits per heavy atom. The van der Waals surface area contributed by atoms with Crippen LogP contribution in [0.3, 0.4) is 0 Å². The Labute approximate surface area is 155 Å². The third-order valence-electron chi connectivity index (χ3n) is 4.65. The van der Waals surface area contributed by atoms with E-state index in [0.717, 1.165) is 38.2 Å². The van der Waals surface area contributed by atoms with Gasteiger partial charge in [-0.25, -0.2) is 13.1 Å². The predicted octanol–water partition coefficient (Wildman–Crippen LogP) is 2.28. The number of methoxy groups -OCH3 is 1. The monoisotopic (exact) mass is 375 g/mol. The predicted molar refractivity (Wildman–Crippen MR) is 100 cm³/mol. The summed E-state index contributed by atoms with van der Waals surface area (Å²) >= 11 is 0. The summed E-state index contributed by atoms with van der Waals surface area (Å²) in [6.07, 6.45) is 3.91. The van der Waals surface area contributed by atoms with E-state index in [-0.39, 0.29) is 4.90 Å². The minimum Gasteiger partial charge on any atom is -0.497 e. The first-order chi connectivity index (χ1) is 12.6. The molecule has 0 saturated carbocycles. The molecule has 1 aliphatic rings. The zero-order chi connectivity index (χ0) is 18.4. The van der Waals surface area contributed by atoms with Gasteiger partial charge >= 0.3 is 0 Å². The van der Waals surface area contributed by atoms with Crippen LogP contribution in [0.1, 0.15) is 18.5 Å². The fraction of sp³-hybridized carbons (Fsp3) is 0.421. The number of likely N-dealkylation sites (tertiary alicyclic amines) is 1. The largest absolute Gasteiger partial charge is 0.497 e. The van der Waals surface area contributed by atoms with E-state index in [9.17, 15) is 8.42 Å². The van der Waals surface area contributed by atoms with Gasteiger partial charge in [0.15, 0.2) is 0 Å². The van der Waals surface area contributed by atoms with Crippen molar-refractivity contribution >= 4 is 10.0 Å². The molecule has 0 bridgehead atoms. The molecule has 0 unspecified atom stereocenters. The van der Waals surface area contributed by atoms with Crippen molar-refractivity contribution in [2.45, 2.75) is 24.3 Å². The van der Waals surface area contributed by atoms with E-state index in [2.05, 4.69) is 14.6 Å². The molecule has 3 rings (SSSR count). The third kappa shape index (κ3) is 5.03. The van der Waals surface area contributed by atoms with E-state index in [1.54, 1.807) is 37.6 Å². The van der Waals surface area contributed by atoms with Gasteiger partial charge in [-0.15, -0.1) is 0 Å². The summed E-state index contributed by atoms with van der Waals surface area (Å²) in [6, 6.07) is 12.4. The quantitative estimate of drug-likeness (QED) is 0.804. The minimum atomic E-state index is -3.50. The number of benzene rings is 1. The molecule has 140 valence electrons. The van der Waals surface area contributed by atoms with Gasteiger partial charge in [0.2, 0.25) is 10.0 Å². The van der Waals surface area contributed by atoms with Crippen LogP contribution in [0.2, 0.25) is 0 Å². The average molecular weight is 375 g/mol. The first-order valence-electron chi connectivity index (χ1n) is 8.83. The molecule has 1 N–H and O–H groups in total. The lowest BCUT2D eigenvalue weighted by atomic mass is 9.98. The molecule has 0 spiro atoms. The van der Waals surface area contributed by atoms with Crippen LogP contribution in [-0.4, -0.2) is 45.0 Å². The van der Waals surface area contributed by atoms with E-state index in [1.165, 1.54) is 0 Å². The summed E-state index contributed by atoms with van der Waals surface area (Å²) < 4.78 is 32.8. The van der Waals surface area contributed by atoms with E-state index in [0.29, 0.717) is 18.2 Å². The summed E-state index contributed by atoms with van der Waals surface area (Å²) in [5.41, 5.74) is 1.05. The Hall–Kier alpha value is -1.96. The number of aromatic nitrogens is 1. The number of hydrogen-bond acceptors (Lipinski definition) is 5. The van der Waals surface area contributed by atoms with Crippen molar-refractivity contribution in [1.82, 2.24) is 14.6 Å². The summed E-state index contributed by atoms with van der Waals surface area (Å²) in [5.74, 6) is 0.946. The lowest BCUT2D eigenvalue weighted by molar-refractivity contribution is 0.167. The van der Waals surface area contributed by atoms with Crippen LogP contribution in [-0.2, 0) is 16.6 Å². The van der Waals surface area contributed by atoms with Crippen molar-refractivity contribution in [2.75, 3.05) is 26.7 Å². The van der Waals surface area contributed by atoms with E-state index in [1.807, 2.05) is 18.2 Å². The van der Waals surface area contributed by atoms with Crippen molar-refractivity contribution in [1.29, 1.82) is 0 Å². The Balaban J connectivity index is 1.54. The number of sulfonamides is 1. The number of pyridine rings is 1. The highest BCUT2D eigenvalue weighted by atomic mass is 32.2. The van der Waals surface area contributed by atoms with Crippen molar-refractivity contribution in [3.05, 3.63) is 54.4 Å². The molecule has 0 aliphatic carbocycles. The van der Waals surface area contributed by atoms with Crippen LogP contribution in [0.25, 0.3) is 0 Å². The first-order valence-corrected chi connectivity index (χ1v) is 10.3. The van der Waals surface area contributed by atoms with Crippen LogP contribution in [0.5, 0.6) is 5.75 Å². The Kier molecular flexibility index (Phi) is 6.24. The fourth-order valence-electron chi connectivity index (χ4n) is 3.25. The molecule has 0 radical (unpaired) electrons. The summed E-state index contributed by atoms with van der Waals surface area (Å²) in [4.78, 5) is 6.98. The Morgan fingerprint density at radius 2 is 2.04 bits per heavy atom. The average Bonchev–Trinajstić information content (AvgIpc) is 2.68. The van der Waals surface area contributed by atoms with Crippen LogP contribution >= 0.6 is 0 Å². The second-order valence-corrected chi connectivity index (χ2v) is 8.36. The van der Waals surface area contributed by atoms with Gasteiger partial charge in [-0.3, -0.25) is 9.88 Å². The number of nitrogens with one attached hydrogen (secondary N) is 1. The molecule has 26 heavy (non-hydrogen) atoms. The van der Waals surface area contributed by atoms with Gasteiger partial charge in [0.1, 0.15) is 5.75 Å². The van der Waals surface area contributed by atoms with Crippen molar-refractivity contribution in [2.24, 2.45) is 5.92 Å². The fourth-order valence-corrected chi connectivity index (χ4v) is 4.36. The van der Waals surface area contributed by atoms with Gasteiger partial charge < -0.3 is 4.74 Å². The smallest absolute Gasteiger partial charge is 0.240 e. The van der Waals surface area contributed by atoms with E-state index in [4.69, 9.17) is 4.74 Å². The highest BCUT2D eigenvalue weighted by molar-refractivity contribution is 7.89. The van der Waals surface area contributed by atoms with E-state index >= 15 is 0 Å². The maximum Gasteiger partial charge on any atom is 0.240 e. The molecule has 1 fully saturated rings. The molecule has 1 aliphatic heterocycles. The number of ether oxygens (including phenoxy) is 1. The Morgan fingerprint density at radius 1 is 1.23 bits per heavy atom. The summed E-state index contributed by atoms with van der Waals surface area (Å²) in [7, 11) is -1.94.